The van der Waals surface area contributed by atoms with Gasteiger partial charge in [-0.1, -0.05) is 0 Å². The molecular formula is C23H23F2N5O3S2. The second kappa shape index (κ2) is 10.1. The van der Waals surface area contributed by atoms with Crippen molar-refractivity contribution in [3.05, 3.63) is 76.7 Å². The van der Waals surface area contributed by atoms with E-state index < -0.39 is 27.6 Å². The summed E-state index contributed by atoms with van der Waals surface area (Å²) in [6.07, 6.45) is 5.46. The number of aryl methyl sites for hydroxylation is 2. The van der Waals surface area contributed by atoms with Gasteiger partial charge in [0.25, 0.3) is 15.9 Å². The van der Waals surface area contributed by atoms with Gasteiger partial charge in [0, 0.05) is 25.0 Å². The van der Waals surface area contributed by atoms with Gasteiger partial charge in [0.15, 0.2) is 4.21 Å². The van der Waals surface area contributed by atoms with E-state index in [0.29, 0.717) is 16.2 Å². The van der Waals surface area contributed by atoms with E-state index >= 15 is 0 Å². The highest BCUT2D eigenvalue weighted by molar-refractivity contribution is 7.92. The molecule has 1 fully saturated rings. The van der Waals surface area contributed by atoms with Crippen molar-refractivity contribution in [2.24, 2.45) is 0 Å². The molecule has 3 aromatic heterocycles. The molecule has 0 atom stereocenters. The number of hydrogen-bond donors (Lipinski definition) is 1. The Morgan fingerprint density at radius 2 is 1.69 bits per heavy atom. The zero-order valence-electron chi connectivity index (χ0n) is 19.0. The summed E-state index contributed by atoms with van der Waals surface area (Å²) in [7, 11) is -3.98. The van der Waals surface area contributed by atoms with E-state index in [0.717, 1.165) is 67.2 Å². The van der Waals surface area contributed by atoms with Crippen LogP contribution >= 0.6 is 11.3 Å². The number of sulfonamides is 1. The molecule has 1 saturated heterocycles. The fraction of sp³-hybridized carbons (Fsp3) is 0.261. The van der Waals surface area contributed by atoms with Crippen molar-refractivity contribution in [1.29, 1.82) is 0 Å². The van der Waals surface area contributed by atoms with Crippen molar-refractivity contribution >= 4 is 38.5 Å². The Morgan fingerprint density at radius 1 is 1.06 bits per heavy atom. The molecule has 5 rings (SSSR count). The van der Waals surface area contributed by atoms with Gasteiger partial charge in [0.2, 0.25) is 0 Å². The molecule has 12 heteroatoms. The van der Waals surface area contributed by atoms with E-state index in [2.05, 4.69) is 19.7 Å². The largest absolute Gasteiger partial charge is 0.371 e. The highest BCUT2D eigenvalue weighted by Gasteiger charge is 2.26. The minimum atomic E-state index is -3.98. The molecule has 1 aliphatic rings. The van der Waals surface area contributed by atoms with Crippen molar-refractivity contribution in [2.75, 3.05) is 18.0 Å². The van der Waals surface area contributed by atoms with Crippen LogP contribution in [0.3, 0.4) is 0 Å². The van der Waals surface area contributed by atoms with Gasteiger partial charge >= 0.3 is 0 Å². The fourth-order valence-electron chi connectivity index (χ4n) is 3.73. The second-order valence-corrected chi connectivity index (χ2v) is 11.0. The number of hydrogen-bond acceptors (Lipinski definition) is 7. The first-order chi connectivity index (χ1) is 16.6. The lowest BCUT2D eigenvalue weighted by atomic mass is 10.2. The SMILES string of the molecule is Cc1nc(C)c(S(=O)(=O)NC(=O)c2cnn3ccc(N4CCCC4)cc23)s1.Fc1ccc(F)cc1. The molecule has 184 valence electrons. The van der Waals surface area contributed by atoms with Crippen LogP contribution in [-0.4, -0.2) is 42.0 Å². The average molecular weight is 520 g/mol. The molecule has 0 saturated carbocycles. The fourth-order valence-corrected chi connectivity index (χ4v) is 6.18. The maximum Gasteiger partial charge on any atom is 0.275 e. The number of thiazole rings is 1. The third kappa shape index (κ3) is 5.65. The number of nitrogens with zero attached hydrogens (tertiary/aromatic N) is 4. The van der Waals surface area contributed by atoms with Crippen LogP contribution in [0.25, 0.3) is 5.52 Å². The first kappa shape index (κ1) is 24.7. The van der Waals surface area contributed by atoms with Gasteiger partial charge in [-0.25, -0.2) is 31.4 Å². The Bertz CT molecular complexity index is 1440. The number of rotatable bonds is 4. The Balaban J connectivity index is 0.000000308. The second-order valence-electron chi connectivity index (χ2n) is 7.94. The summed E-state index contributed by atoms with van der Waals surface area (Å²) in [4.78, 5) is 19.1. The van der Waals surface area contributed by atoms with Crippen LogP contribution in [0.15, 0.2) is 53.0 Å². The van der Waals surface area contributed by atoms with Crippen molar-refractivity contribution in [3.8, 4) is 0 Å². The number of amides is 1. The van der Waals surface area contributed by atoms with Crippen molar-refractivity contribution in [2.45, 2.75) is 30.9 Å². The molecule has 0 radical (unpaired) electrons. The Kier molecular flexibility index (Phi) is 7.13. The number of pyridine rings is 1. The van der Waals surface area contributed by atoms with E-state index in [-0.39, 0.29) is 9.77 Å². The van der Waals surface area contributed by atoms with Gasteiger partial charge in [-0.15, -0.1) is 11.3 Å². The number of benzene rings is 1. The monoisotopic (exact) mass is 519 g/mol. The molecule has 1 aliphatic heterocycles. The first-order valence-corrected chi connectivity index (χ1v) is 13.1. The number of carbonyl (C=O) groups is 1. The Labute approximate surface area is 205 Å². The number of fused-ring (bicyclic) bond motifs is 1. The number of aromatic nitrogens is 3. The lowest BCUT2D eigenvalue weighted by Gasteiger charge is -2.17. The van der Waals surface area contributed by atoms with Crippen LogP contribution in [0.2, 0.25) is 0 Å². The van der Waals surface area contributed by atoms with Gasteiger partial charge in [-0.2, -0.15) is 5.10 Å². The van der Waals surface area contributed by atoms with Gasteiger partial charge in [-0.05, 0) is 63.1 Å². The zero-order chi connectivity index (χ0) is 25.2. The minimum absolute atomic E-state index is 0.0579. The van der Waals surface area contributed by atoms with Crippen LogP contribution in [0, 0.1) is 25.5 Å². The summed E-state index contributed by atoms with van der Waals surface area (Å²) in [6, 6.07) is 8.14. The molecule has 35 heavy (non-hydrogen) atoms. The molecule has 0 bridgehead atoms. The molecule has 4 aromatic rings. The molecule has 8 nitrogen and oxygen atoms in total. The molecule has 4 heterocycles. The van der Waals surface area contributed by atoms with Crippen LogP contribution in [0.4, 0.5) is 14.5 Å². The van der Waals surface area contributed by atoms with Crippen molar-refractivity contribution < 1.29 is 22.0 Å². The van der Waals surface area contributed by atoms with Gasteiger partial charge < -0.3 is 4.90 Å². The van der Waals surface area contributed by atoms with E-state index in [1.165, 1.54) is 6.20 Å². The summed E-state index contributed by atoms with van der Waals surface area (Å²) in [6.45, 7) is 5.29. The topological polar surface area (TPSA) is 96.7 Å². The maximum absolute atomic E-state index is 12.7. The van der Waals surface area contributed by atoms with E-state index in [4.69, 9.17) is 0 Å². The standard InChI is InChI=1S/C17H19N5O3S2.C6H4F2/c1-11-17(26-12(2)19-11)27(24,25)20-16(23)14-10-18-22-8-5-13(9-15(14)22)21-6-3-4-7-21;7-5-1-2-6(8)4-3-5/h5,8-10H,3-4,6-7H2,1-2H3,(H,20,23);1-4H. The summed E-state index contributed by atoms with van der Waals surface area (Å²) < 4.78 is 52.8. The maximum atomic E-state index is 12.7. The van der Waals surface area contributed by atoms with Gasteiger partial charge in [-0.3, -0.25) is 4.79 Å². The van der Waals surface area contributed by atoms with Crippen LogP contribution in [0.5, 0.6) is 0 Å². The Morgan fingerprint density at radius 3 is 2.26 bits per heavy atom. The molecule has 0 aliphatic carbocycles. The molecular weight excluding hydrogens is 496 g/mol. The van der Waals surface area contributed by atoms with Crippen molar-refractivity contribution in [3.63, 3.8) is 0 Å². The third-order valence-corrected chi connectivity index (χ3v) is 8.37. The average Bonchev–Trinajstić information content (AvgIpc) is 3.55. The Hall–Kier alpha value is -3.38. The summed E-state index contributed by atoms with van der Waals surface area (Å²) in [5.41, 5.74) is 2.18. The predicted molar refractivity (Wildman–Crippen MR) is 129 cm³/mol. The molecule has 0 unspecified atom stereocenters. The van der Waals surface area contributed by atoms with E-state index in [1.807, 2.05) is 12.1 Å². The van der Waals surface area contributed by atoms with Gasteiger partial charge in [0.05, 0.1) is 28.0 Å². The molecule has 1 N–H and O–H groups in total. The zero-order valence-corrected chi connectivity index (χ0v) is 20.7. The highest BCUT2D eigenvalue weighted by atomic mass is 32.2. The predicted octanol–water partition coefficient (Wildman–Crippen LogP) is 4.09. The smallest absolute Gasteiger partial charge is 0.275 e. The first-order valence-electron chi connectivity index (χ1n) is 10.8. The molecule has 0 spiro atoms. The summed E-state index contributed by atoms with van der Waals surface area (Å²) >= 11 is 1.04. The number of nitrogens with one attached hydrogen (secondary N) is 1. The molecule has 1 aromatic carbocycles. The highest BCUT2D eigenvalue weighted by Crippen LogP contribution is 2.25. The quantitative estimate of drug-likeness (QED) is 0.436. The summed E-state index contributed by atoms with van der Waals surface area (Å²) in [5, 5.41) is 4.80. The third-order valence-electron chi connectivity index (χ3n) is 5.36. The van der Waals surface area contributed by atoms with Crippen molar-refractivity contribution in [1.82, 2.24) is 19.3 Å². The van der Waals surface area contributed by atoms with Crippen LogP contribution in [0.1, 0.15) is 33.9 Å². The van der Waals surface area contributed by atoms with E-state index in [9.17, 15) is 22.0 Å². The number of anilines is 1. The normalized spacial score (nSPS) is 13.5. The van der Waals surface area contributed by atoms with Gasteiger partial charge in [0.1, 0.15) is 11.6 Å². The number of halogens is 2. The minimum Gasteiger partial charge on any atom is -0.371 e. The summed E-state index contributed by atoms with van der Waals surface area (Å²) in [5.74, 6) is -1.52. The number of carbonyl (C=O) groups excluding carboxylic acids is 1. The van der Waals surface area contributed by atoms with Crippen LogP contribution in [-0.2, 0) is 10.0 Å². The van der Waals surface area contributed by atoms with Crippen LogP contribution < -0.4 is 9.62 Å². The van der Waals surface area contributed by atoms with E-state index in [1.54, 1.807) is 24.6 Å². The molecule has 1 amide bonds. The lowest BCUT2D eigenvalue weighted by Crippen LogP contribution is -2.30. The lowest BCUT2D eigenvalue weighted by molar-refractivity contribution is 0.0983.